The number of halogens is 1. The van der Waals surface area contributed by atoms with Gasteiger partial charge >= 0.3 is 0 Å². The molecule has 3 atom stereocenters. The Balaban J connectivity index is 1.72. The maximum Gasteiger partial charge on any atom is 0.247 e. The fraction of sp³-hybridized carbons (Fsp3) is 0.353. The molecule has 0 saturated carbocycles. The lowest BCUT2D eigenvalue weighted by Crippen LogP contribution is -2.56. The summed E-state index contributed by atoms with van der Waals surface area (Å²) < 4.78 is 18.1. The lowest BCUT2D eigenvalue weighted by atomic mass is 9.87. The molecule has 0 heterocycles. The lowest BCUT2D eigenvalue weighted by molar-refractivity contribution is -0.137. The number of amides is 2. The van der Waals surface area contributed by atoms with Gasteiger partial charge in [0.05, 0.1) is 43.5 Å². The van der Waals surface area contributed by atoms with Crippen LogP contribution >= 0.6 is 22.6 Å². The second-order valence-corrected chi connectivity index (χ2v) is 11.8. The van der Waals surface area contributed by atoms with E-state index in [2.05, 4.69) is 27.9 Å². The van der Waals surface area contributed by atoms with Crippen molar-refractivity contribution in [3.63, 3.8) is 0 Å². The van der Waals surface area contributed by atoms with Gasteiger partial charge in [0.2, 0.25) is 11.8 Å². The molecule has 10 nitrogen and oxygen atoms in total. The van der Waals surface area contributed by atoms with Crippen LogP contribution in [-0.2, 0) is 29.0 Å². The van der Waals surface area contributed by atoms with Crippen LogP contribution in [0.5, 0.6) is 17.2 Å². The molecule has 240 valence electrons. The Morgan fingerprint density at radius 1 is 0.978 bits per heavy atom. The fourth-order valence-corrected chi connectivity index (χ4v) is 6.19. The van der Waals surface area contributed by atoms with Crippen molar-refractivity contribution in [3.05, 3.63) is 98.6 Å². The minimum Gasteiger partial charge on any atom is -0.496 e. The Bertz CT molecular complexity index is 1480. The number of carbonyl (C=O) groups is 2. The van der Waals surface area contributed by atoms with Crippen LogP contribution in [-0.4, -0.2) is 84.2 Å². The number of nitrogens with one attached hydrogen (secondary N) is 1. The number of para-hydroxylation sites is 1. The van der Waals surface area contributed by atoms with E-state index in [0.29, 0.717) is 38.4 Å². The zero-order valence-corrected chi connectivity index (χ0v) is 27.5. The first-order valence-electron chi connectivity index (χ1n) is 14.7. The third-order valence-corrected chi connectivity index (χ3v) is 8.47. The van der Waals surface area contributed by atoms with Crippen LogP contribution in [0.1, 0.15) is 23.1 Å². The van der Waals surface area contributed by atoms with Crippen molar-refractivity contribution in [1.29, 1.82) is 0 Å². The minimum atomic E-state index is -1.21. The molecule has 0 aromatic heterocycles. The predicted molar refractivity (Wildman–Crippen MR) is 177 cm³/mol. The third-order valence-electron chi connectivity index (χ3n) is 7.67. The van der Waals surface area contributed by atoms with Crippen molar-refractivity contribution >= 4 is 34.4 Å². The van der Waals surface area contributed by atoms with Crippen molar-refractivity contribution < 1.29 is 39.1 Å². The van der Waals surface area contributed by atoms with Gasteiger partial charge in [0.15, 0.2) is 11.5 Å². The summed E-state index contributed by atoms with van der Waals surface area (Å²) in [7, 11) is 3.07. The van der Waals surface area contributed by atoms with Gasteiger partial charge < -0.3 is 39.7 Å². The van der Waals surface area contributed by atoms with Crippen LogP contribution in [0, 0.1) is 3.57 Å². The van der Waals surface area contributed by atoms with Crippen molar-refractivity contribution in [3.8, 4) is 17.2 Å². The van der Waals surface area contributed by atoms with Gasteiger partial charge in [-0.1, -0.05) is 48.5 Å². The Labute approximate surface area is 276 Å². The predicted octanol–water partition coefficient (Wildman–Crippen LogP) is 3.03. The summed E-state index contributed by atoms with van der Waals surface area (Å²) in [6.07, 6.45) is -0.0602. The Hall–Kier alpha value is -3.65. The van der Waals surface area contributed by atoms with E-state index in [-0.39, 0.29) is 45.1 Å². The van der Waals surface area contributed by atoms with E-state index >= 15 is 0 Å². The summed E-state index contributed by atoms with van der Waals surface area (Å²) in [4.78, 5) is 28.9. The molecule has 0 bridgehead atoms. The smallest absolute Gasteiger partial charge is 0.247 e. The number of carbonyl (C=O) groups excluding carboxylic acids is 2. The summed E-state index contributed by atoms with van der Waals surface area (Å²) in [5.41, 5.74) is 2.66. The molecular weight excluding hydrogens is 691 g/mol. The molecule has 0 unspecified atom stereocenters. The van der Waals surface area contributed by atoms with Crippen molar-refractivity contribution in [1.82, 2.24) is 10.2 Å². The van der Waals surface area contributed by atoms with Gasteiger partial charge in [-0.25, -0.2) is 0 Å². The summed E-state index contributed by atoms with van der Waals surface area (Å²) in [5, 5.41) is 33.5. The molecule has 0 fully saturated rings. The van der Waals surface area contributed by atoms with Crippen LogP contribution < -0.4 is 19.5 Å². The lowest BCUT2D eigenvalue weighted by Gasteiger charge is -2.41. The number of hydrogen-bond donors (Lipinski definition) is 4. The van der Waals surface area contributed by atoms with Gasteiger partial charge in [-0.15, -0.1) is 0 Å². The van der Waals surface area contributed by atoms with Crippen LogP contribution in [0.2, 0.25) is 0 Å². The van der Waals surface area contributed by atoms with Gasteiger partial charge in [0.1, 0.15) is 18.0 Å². The number of hydrogen-bond acceptors (Lipinski definition) is 8. The topological polar surface area (TPSA) is 138 Å². The van der Waals surface area contributed by atoms with Gasteiger partial charge in [-0.3, -0.25) is 9.59 Å². The minimum absolute atomic E-state index is 0.0493. The molecule has 4 N–H and O–H groups in total. The number of rotatable bonds is 14. The van der Waals surface area contributed by atoms with E-state index in [1.54, 1.807) is 30.2 Å². The van der Waals surface area contributed by atoms with Gasteiger partial charge in [-0.05, 0) is 70.0 Å². The number of nitrogens with zero attached hydrogens (tertiary/aromatic N) is 1. The molecule has 3 aromatic rings. The molecule has 1 aliphatic rings. The molecule has 4 rings (SSSR count). The molecule has 2 amide bonds. The van der Waals surface area contributed by atoms with E-state index in [4.69, 9.17) is 14.2 Å². The second kappa shape index (κ2) is 16.6. The molecule has 45 heavy (non-hydrogen) atoms. The van der Waals surface area contributed by atoms with Crippen molar-refractivity contribution in [2.24, 2.45) is 0 Å². The molecular formula is C34H39IN2O8. The highest BCUT2D eigenvalue weighted by atomic mass is 127. The van der Waals surface area contributed by atoms with Crippen LogP contribution in [0.25, 0.3) is 0 Å². The first-order chi connectivity index (χ1) is 21.8. The summed E-state index contributed by atoms with van der Waals surface area (Å²) in [6.45, 7) is -0.134. The SMILES string of the molecule is COc1ccccc1CCN(C(=O)Cc1ccccc1)[C@@H]1CC(C(=O)NCCO)=C[C@H](Oc2c(I)cc(CO)cc2OC)[C@H]1O. The van der Waals surface area contributed by atoms with E-state index in [1.165, 1.54) is 7.11 Å². The normalized spacial score (nSPS) is 17.6. The van der Waals surface area contributed by atoms with Crippen LogP contribution in [0.4, 0.5) is 0 Å². The first-order valence-corrected chi connectivity index (χ1v) is 15.7. The van der Waals surface area contributed by atoms with Crippen LogP contribution in [0.3, 0.4) is 0 Å². The van der Waals surface area contributed by atoms with E-state index in [9.17, 15) is 24.9 Å². The number of aliphatic hydroxyl groups is 3. The Morgan fingerprint density at radius 3 is 2.38 bits per heavy atom. The highest BCUT2D eigenvalue weighted by Gasteiger charge is 2.41. The Kier molecular flexibility index (Phi) is 12.6. The van der Waals surface area contributed by atoms with E-state index in [0.717, 1.165) is 11.1 Å². The zero-order chi connectivity index (χ0) is 32.3. The average Bonchev–Trinajstić information content (AvgIpc) is 3.06. The number of aliphatic hydroxyl groups excluding tert-OH is 3. The maximum absolute atomic E-state index is 14.0. The van der Waals surface area contributed by atoms with Gasteiger partial charge in [0, 0.05) is 25.1 Å². The second-order valence-electron chi connectivity index (χ2n) is 10.6. The quantitative estimate of drug-likeness (QED) is 0.186. The van der Waals surface area contributed by atoms with Crippen LogP contribution in [0.15, 0.2) is 78.4 Å². The molecule has 1 aliphatic carbocycles. The number of ether oxygens (including phenoxy) is 3. The monoisotopic (exact) mass is 730 g/mol. The summed E-state index contributed by atoms with van der Waals surface area (Å²) >= 11 is 2.06. The number of benzene rings is 3. The van der Waals surface area contributed by atoms with Gasteiger partial charge in [0.25, 0.3) is 0 Å². The van der Waals surface area contributed by atoms with Crippen molar-refractivity contribution in [2.75, 3.05) is 33.9 Å². The molecule has 0 radical (unpaired) electrons. The average molecular weight is 731 g/mol. The largest absolute Gasteiger partial charge is 0.496 e. The van der Waals surface area contributed by atoms with E-state index < -0.39 is 24.2 Å². The zero-order valence-electron chi connectivity index (χ0n) is 25.3. The molecule has 3 aromatic carbocycles. The highest BCUT2D eigenvalue weighted by Crippen LogP contribution is 2.37. The fourth-order valence-electron chi connectivity index (χ4n) is 5.39. The highest BCUT2D eigenvalue weighted by molar-refractivity contribution is 14.1. The standard InChI is InChI=1S/C34H39IN2O8/c1-43-28-11-7-6-10-24(28)12-14-37(31(40)18-22-8-4-3-5-9-22)27-19-25(34(42)36-13-15-38)20-29(32(27)41)45-33-26(35)16-23(21-39)17-30(33)44-2/h3-11,16-17,20,27,29,32,38-39,41H,12-15,18-19,21H2,1-2H3,(H,36,42)/t27-,29+,32+/m1/s1. The Morgan fingerprint density at radius 2 is 1.69 bits per heavy atom. The van der Waals surface area contributed by atoms with Crippen molar-refractivity contribution in [2.45, 2.75) is 44.1 Å². The van der Waals surface area contributed by atoms with E-state index in [1.807, 2.05) is 54.6 Å². The molecule has 0 spiro atoms. The summed E-state index contributed by atoms with van der Waals surface area (Å²) in [5.74, 6) is 0.744. The summed E-state index contributed by atoms with van der Waals surface area (Å²) in [6, 6.07) is 19.5. The third kappa shape index (κ3) is 8.75. The molecule has 11 heteroatoms. The van der Waals surface area contributed by atoms with Gasteiger partial charge in [-0.2, -0.15) is 0 Å². The first kappa shape index (κ1) is 34.2. The molecule has 0 saturated heterocycles. The maximum atomic E-state index is 14.0. The molecule has 0 aliphatic heterocycles. The number of methoxy groups -OCH3 is 2.